The number of thiophene rings is 1. The molecule has 0 spiro atoms. The lowest BCUT2D eigenvalue weighted by atomic mass is 9.89. The Morgan fingerprint density at radius 1 is 1.21 bits per heavy atom. The maximum atomic E-state index is 12.7. The Morgan fingerprint density at radius 2 is 1.97 bits per heavy atom. The smallest absolute Gasteiger partial charge is 0.410 e. The van der Waals surface area contributed by atoms with E-state index in [-0.39, 0.29) is 11.7 Å². The van der Waals surface area contributed by atoms with E-state index in [2.05, 4.69) is 27.1 Å². The molecule has 0 aliphatic carbocycles. The topological polar surface area (TPSA) is 117 Å². The van der Waals surface area contributed by atoms with E-state index in [1.807, 2.05) is 38.3 Å². The molecule has 4 aromatic rings. The molecule has 0 bridgehead atoms. The number of nitrogen functional groups attached to an aromatic ring is 1. The molecule has 0 unspecified atom stereocenters. The number of H-pyrrole nitrogens is 2. The van der Waals surface area contributed by atoms with E-state index in [9.17, 15) is 9.59 Å². The van der Waals surface area contributed by atoms with Crippen molar-refractivity contribution < 1.29 is 9.53 Å². The van der Waals surface area contributed by atoms with Gasteiger partial charge >= 0.3 is 6.09 Å². The second-order valence-corrected chi connectivity index (χ2v) is 10.4. The SMILES string of the molecule is CC(C)(C)OC(=O)N1CCC(c2ccc3nc(-c4c(N)c5ccsc5[nH]c4=O)[nH]c3c2)CC1. The van der Waals surface area contributed by atoms with E-state index in [0.29, 0.717) is 36.1 Å². The number of piperidine rings is 1. The Labute approximate surface area is 194 Å². The van der Waals surface area contributed by atoms with Gasteiger partial charge in [-0.1, -0.05) is 6.07 Å². The van der Waals surface area contributed by atoms with Gasteiger partial charge < -0.3 is 25.3 Å². The van der Waals surface area contributed by atoms with E-state index in [4.69, 9.17) is 10.5 Å². The van der Waals surface area contributed by atoms with Crippen LogP contribution in [0.15, 0.2) is 34.4 Å². The highest BCUT2D eigenvalue weighted by Crippen LogP contribution is 2.33. The van der Waals surface area contributed by atoms with Crippen LogP contribution in [0.2, 0.25) is 0 Å². The van der Waals surface area contributed by atoms with Crippen LogP contribution in [0, 0.1) is 0 Å². The van der Waals surface area contributed by atoms with Crippen molar-refractivity contribution in [2.24, 2.45) is 0 Å². The van der Waals surface area contributed by atoms with Crippen LogP contribution in [0.25, 0.3) is 32.6 Å². The molecule has 9 heteroatoms. The zero-order chi connectivity index (χ0) is 23.3. The number of rotatable bonds is 2. The Bertz CT molecular complexity index is 1400. The summed E-state index contributed by atoms with van der Waals surface area (Å²) in [6.45, 7) is 6.97. The highest BCUT2D eigenvalue weighted by atomic mass is 32.1. The number of fused-ring (bicyclic) bond motifs is 2. The number of nitrogens with two attached hydrogens (primary N) is 1. The number of benzene rings is 1. The van der Waals surface area contributed by atoms with Crippen LogP contribution in [-0.2, 0) is 4.74 Å². The summed E-state index contributed by atoms with van der Waals surface area (Å²) in [7, 11) is 0. The number of amides is 1. The molecule has 8 nitrogen and oxygen atoms in total. The lowest BCUT2D eigenvalue weighted by Crippen LogP contribution is -2.41. The monoisotopic (exact) mass is 465 g/mol. The number of carbonyl (C=O) groups is 1. The standard InChI is InChI=1S/C24H27N5O3S/c1-24(2,3)32-23(31)29-9-6-13(7-10-29)14-4-5-16-17(12-14)27-20(26-16)18-19(25)15-8-11-33-22(15)28-21(18)30/h4-5,8,11-13H,6-7,9-10H2,1-3H3,(H,26,27)(H3,25,28,30). The summed E-state index contributed by atoms with van der Waals surface area (Å²) >= 11 is 1.45. The molecule has 3 aromatic heterocycles. The summed E-state index contributed by atoms with van der Waals surface area (Å²) in [5.74, 6) is 0.809. The number of ether oxygens (including phenoxy) is 1. The van der Waals surface area contributed by atoms with E-state index in [1.165, 1.54) is 16.9 Å². The van der Waals surface area contributed by atoms with Crippen LogP contribution >= 0.6 is 11.3 Å². The molecule has 0 radical (unpaired) electrons. The number of hydrogen-bond donors (Lipinski definition) is 3. The van der Waals surface area contributed by atoms with Gasteiger partial charge in [0.05, 0.1) is 16.7 Å². The van der Waals surface area contributed by atoms with E-state index in [0.717, 1.165) is 34.1 Å². The van der Waals surface area contributed by atoms with Crippen LogP contribution < -0.4 is 11.3 Å². The number of nitrogens with zero attached hydrogens (tertiary/aromatic N) is 2. The van der Waals surface area contributed by atoms with Crippen molar-refractivity contribution in [3.8, 4) is 11.4 Å². The molecular formula is C24H27N5O3S. The van der Waals surface area contributed by atoms with Gasteiger partial charge in [-0.3, -0.25) is 4.79 Å². The van der Waals surface area contributed by atoms with Crippen molar-refractivity contribution >= 4 is 44.4 Å². The third kappa shape index (κ3) is 4.08. The average Bonchev–Trinajstić information content (AvgIpc) is 3.39. The summed E-state index contributed by atoms with van der Waals surface area (Å²) in [6, 6.07) is 8.04. The highest BCUT2D eigenvalue weighted by Gasteiger charge is 2.27. The molecule has 4 heterocycles. The first kappa shape index (κ1) is 21.5. The molecule has 33 heavy (non-hydrogen) atoms. The first-order valence-electron chi connectivity index (χ1n) is 11.1. The lowest BCUT2D eigenvalue weighted by Gasteiger charge is -2.33. The minimum atomic E-state index is -0.490. The van der Waals surface area contributed by atoms with Crippen molar-refractivity contribution in [3.63, 3.8) is 0 Å². The molecule has 1 amide bonds. The summed E-state index contributed by atoms with van der Waals surface area (Å²) in [5.41, 5.74) is 9.22. The van der Waals surface area contributed by atoms with Crippen LogP contribution in [0.1, 0.15) is 45.1 Å². The molecule has 1 fully saturated rings. The quantitative estimate of drug-likeness (QED) is 0.392. The number of imidazole rings is 1. The first-order chi connectivity index (χ1) is 15.7. The number of hydrogen-bond acceptors (Lipinski definition) is 6. The van der Waals surface area contributed by atoms with Gasteiger partial charge in [-0.05, 0) is 68.7 Å². The van der Waals surface area contributed by atoms with E-state index in [1.54, 1.807) is 4.90 Å². The predicted molar refractivity (Wildman–Crippen MR) is 132 cm³/mol. The van der Waals surface area contributed by atoms with Crippen LogP contribution in [0.5, 0.6) is 0 Å². The van der Waals surface area contributed by atoms with Gasteiger partial charge in [0.15, 0.2) is 0 Å². The Kier molecular flexibility index (Phi) is 5.16. The molecule has 172 valence electrons. The lowest BCUT2D eigenvalue weighted by molar-refractivity contribution is 0.0205. The summed E-state index contributed by atoms with van der Waals surface area (Å²) in [4.78, 5) is 38.4. The van der Waals surface area contributed by atoms with Gasteiger partial charge in [0.1, 0.15) is 21.8 Å². The van der Waals surface area contributed by atoms with Gasteiger partial charge in [-0.15, -0.1) is 11.3 Å². The van der Waals surface area contributed by atoms with Gasteiger partial charge in [0.25, 0.3) is 5.56 Å². The molecule has 5 rings (SSSR count). The minimum absolute atomic E-state index is 0.250. The number of carbonyl (C=O) groups excluding carboxylic acids is 1. The van der Waals surface area contributed by atoms with Crippen molar-refractivity contribution in [2.75, 3.05) is 18.8 Å². The van der Waals surface area contributed by atoms with Crippen molar-refractivity contribution in [2.45, 2.75) is 45.1 Å². The number of anilines is 1. The van der Waals surface area contributed by atoms with Gasteiger partial charge in [-0.25, -0.2) is 9.78 Å². The maximum Gasteiger partial charge on any atom is 0.410 e. The van der Waals surface area contributed by atoms with Gasteiger partial charge in [-0.2, -0.15) is 0 Å². The normalized spacial score (nSPS) is 15.4. The van der Waals surface area contributed by atoms with E-state index >= 15 is 0 Å². The van der Waals surface area contributed by atoms with Crippen LogP contribution in [0.3, 0.4) is 0 Å². The zero-order valence-electron chi connectivity index (χ0n) is 18.9. The Morgan fingerprint density at radius 3 is 2.70 bits per heavy atom. The third-order valence-corrected chi connectivity index (χ3v) is 6.87. The fraction of sp³-hybridized carbons (Fsp3) is 0.375. The predicted octanol–water partition coefficient (Wildman–Crippen LogP) is 4.83. The van der Waals surface area contributed by atoms with E-state index < -0.39 is 5.60 Å². The fourth-order valence-electron chi connectivity index (χ4n) is 4.40. The van der Waals surface area contributed by atoms with Crippen LogP contribution in [-0.4, -0.2) is 44.6 Å². The summed E-state index contributed by atoms with van der Waals surface area (Å²) in [5, 5.41) is 2.73. The highest BCUT2D eigenvalue weighted by molar-refractivity contribution is 7.16. The molecule has 1 aliphatic heterocycles. The molecule has 1 aromatic carbocycles. The van der Waals surface area contributed by atoms with Gasteiger partial charge in [0, 0.05) is 18.5 Å². The third-order valence-electron chi connectivity index (χ3n) is 6.04. The molecule has 1 aliphatic rings. The molecular weight excluding hydrogens is 438 g/mol. The van der Waals surface area contributed by atoms with Gasteiger partial charge in [0.2, 0.25) is 0 Å². The Balaban J connectivity index is 1.38. The minimum Gasteiger partial charge on any atom is -0.444 e. The number of nitrogens with one attached hydrogen (secondary N) is 2. The average molecular weight is 466 g/mol. The molecule has 1 saturated heterocycles. The van der Waals surface area contributed by atoms with Crippen molar-refractivity contribution in [1.82, 2.24) is 19.9 Å². The number of likely N-dealkylation sites (tertiary alicyclic amines) is 1. The molecule has 0 saturated carbocycles. The number of aromatic nitrogens is 3. The van der Waals surface area contributed by atoms with Crippen molar-refractivity contribution in [1.29, 1.82) is 0 Å². The number of aromatic amines is 2. The summed E-state index contributed by atoms with van der Waals surface area (Å²) in [6.07, 6.45) is 1.49. The first-order valence-corrected chi connectivity index (χ1v) is 11.9. The second-order valence-electron chi connectivity index (χ2n) is 9.51. The number of pyridine rings is 1. The second kappa shape index (κ2) is 7.91. The molecule has 4 N–H and O–H groups in total. The fourth-order valence-corrected chi connectivity index (χ4v) is 5.19. The summed E-state index contributed by atoms with van der Waals surface area (Å²) < 4.78 is 5.50. The van der Waals surface area contributed by atoms with Crippen molar-refractivity contribution in [3.05, 3.63) is 45.6 Å². The molecule has 0 atom stereocenters. The zero-order valence-corrected chi connectivity index (χ0v) is 19.7. The largest absolute Gasteiger partial charge is 0.444 e. The van der Waals surface area contributed by atoms with Crippen LogP contribution in [0.4, 0.5) is 10.5 Å². The maximum absolute atomic E-state index is 12.7. The Hall–Kier alpha value is -3.33.